The number of fused-ring (bicyclic) bond motifs is 5. The van der Waals surface area contributed by atoms with Crippen molar-refractivity contribution < 1.29 is 26.7 Å². The Labute approximate surface area is 173 Å². The number of nitrogens with one attached hydrogen (secondary N) is 1. The van der Waals surface area contributed by atoms with Crippen LogP contribution in [0.1, 0.15) is 17.5 Å². The van der Waals surface area contributed by atoms with Crippen LogP contribution in [0.25, 0.3) is 11.1 Å². The summed E-state index contributed by atoms with van der Waals surface area (Å²) >= 11 is 0. The van der Waals surface area contributed by atoms with Gasteiger partial charge in [-0.15, -0.1) is 0 Å². The minimum absolute atomic E-state index is 0.204. The standard InChI is InChI=1S/C21H22F2N2O4S/c1-30(27,28)24-18-9-10-25-19(18)12-14-5-4-6-15(11-14)16-7-2-3-8-17(16)21(22,23)13-29-20(25)26/h2-8,11,18-19,24H,9-10,12-13H2,1H3. The van der Waals surface area contributed by atoms with E-state index in [9.17, 15) is 22.0 Å². The van der Waals surface area contributed by atoms with Crippen molar-refractivity contribution in [2.24, 2.45) is 0 Å². The molecule has 2 aliphatic heterocycles. The molecule has 0 radical (unpaired) electrons. The van der Waals surface area contributed by atoms with E-state index in [1.807, 2.05) is 12.1 Å². The highest BCUT2D eigenvalue weighted by molar-refractivity contribution is 7.88. The van der Waals surface area contributed by atoms with Gasteiger partial charge in [0.2, 0.25) is 10.0 Å². The van der Waals surface area contributed by atoms with Gasteiger partial charge in [-0.05, 0) is 29.5 Å². The molecule has 0 aromatic heterocycles. The van der Waals surface area contributed by atoms with Gasteiger partial charge in [0.05, 0.1) is 12.3 Å². The summed E-state index contributed by atoms with van der Waals surface area (Å²) in [7, 11) is -3.50. The van der Waals surface area contributed by atoms with Gasteiger partial charge in [0.1, 0.15) is 0 Å². The maximum absolute atomic E-state index is 15.0. The molecule has 2 atom stereocenters. The fourth-order valence-corrected chi connectivity index (χ4v) is 5.04. The second-order valence-corrected chi connectivity index (χ2v) is 9.54. The Morgan fingerprint density at radius 3 is 2.70 bits per heavy atom. The summed E-state index contributed by atoms with van der Waals surface area (Å²) in [4.78, 5) is 14.0. The molecule has 2 unspecified atom stereocenters. The molecule has 0 aliphatic carbocycles. The SMILES string of the molecule is CS(=O)(=O)NC1CCN2C(=O)OCC(F)(F)c3ccccc3-c3cccc(c3)CC12. The highest BCUT2D eigenvalue weighted by Gasteiger charge is 2.42. The predicted molar refractivity (Wildman–Crippen MR) is 108 cm³/mol. The normalized spacial score (nSPS) is 23.6. The van der Waals surface area contributed by atoms with Gasteiger partial charge in [0, 0.05) is 18.2 Å². The number of sulfonamides is 1. The Kier molecular flexibility index (Phi) is 5.27. The number of halogens is 2. The first-order valence-electron chi connectivity index (χ1n) is 9.61. The Hall–Kier alpha value is -2.52. The lowest BCUT2D eigenvalue weighted by Crippen LogP contribution is -2.48. The number of nitrogens with zero attached hydrogens (tertiary/aromatic N) is 1. The number of benzene rings is 2. The zero-order valence-electron chi connectivity index (χ0n) is 16.3. The van der Waals surface area contributed by atoms with E-state index in [0.29, 0.717) is 24.0 Å². The largest absolute Gasteiger partial charge is 0.443 e. The van der Waals surface area contributed by atoms with Gasteiger partial charge in [-0.3, -0.25) is 0 Å². The number of hydrogen-bond donors (Lipinski definition) is 1. The minimum Gasteiger partial charge on any atom is -0.443 e. The number of alkyl halides is 2. The smallest absolute Gasteiger partial charge is 0.410 e. The molecule has 4 rings (SSSR count). The van der Waals surface area contributed by atoms with E-state index < -0.39 is 40.7 Å². The molecule has 9 heteroatoms. The van der Waals surface area contributed by atoms with Crippen LogP contribution in [0, 0.1) is 0 Å². The first-order valence-corrected chi connectivity index (χ1v) is 11.5. The van der Waals surface area contributed by atoms with Crippen LogP contribution in [-0.2, 0) is 27.1 Å². The molecule has 1 fully saturated rings. The van der Waals surface area contributed by atoms with E-state index in [1.165, 1.54) is 17.0 Å². The van der Waals surface area contributed by atoms with Gasteiger partial charge >= 0.3 is 12.0 Å². The number of amides is 1. The Bertz CT molecular complexity index is 1070. The van der Waals surface area contributed by atoms with Crippen molar-refractivity contribution in [1.82, 2.24) is 9.62 Å². The lowest BCUT2D eigenvalue weighted by Gasteiger charge is -2.30. The number of ether oxygens (including phenoxy) is 1. The van der Waals surface area contributed by atoms with Gasteiger partial charge < -0.3 is 9.64 Å². The molecule has 0 saturated carbocycles. The third kappa shape index (κ3) is 4.17. The molecule has 6 nitrogen and oxygen atoms in total. The molecule has 1 amide bonds. The van der Waals surface area contributed by atoms with Gasteiger partial charge in [-0.1, -0.05) is 48.5 Å². The summed E-state index contributed by atoms with van der Waals surface area (Å²) in [6.07, 6.45) is 0.936. The predicted octanol–water partition coefficient (Wildman–Crippen LogP) is 3.13. The van der Waals surface area contributed by atoms with Crippen molar-refractivity contribution in [3.05, 3.63) is 59.7 Å². The second kappa shape index (κ2) is 7.63. The molecule has 1 N–H and O–H groups in total. The topological polar surface area (TPSA) is 75.7 Å². The summed E-state index contributed by atoms with van der Waals surface area (Å²) in [5, 5.41) is 0. The van der Waals surface area contributed by atoms with Gasteiger partial charge in [0.15, 0.2) is 6.61 Å². The summed E-state index contributed by atoms with van der Waals surface area (Å²) in [5.41, 5.74) is 1.61. The second-order valence-electron chi connectivity index (χ2n) is 7.76. The van der Waals surface area contributed by atoms with Crippen LogP contribution in [0.15, 0.2) is 48.5 Å². The number of rotatable bonds is 2. The van der Waals surface area contributed by atoms with Crippen molar-refractivity contribution in [1.29, 1.82) is 0 Å². The first kappa shape index (κ1) is 20.7. The maximum Gasteiger partial charge on any atom is 0.410 e. The fraction of sp³-hybridized carbons (Fsp3) is 0.381. The Balaban J connectivity index is 1.80. The lowest BCUT2D eigenvalue weighted by molar-refractivity contribution is -0.0661. The number of cyclic esters (lactones) is 1. The molecule has 30 heavy (non-hydrogen) atoms. The van der Waals surface area contributed by atoms with Crippen molar-refractivity contribution >= 4 is 16.1 Å². The minimum atomic E-state index is -3.50. The summed E-state index contributed by atoms with van der Waals surface area (Å²) in [6.45, 7) is -0.867. The third-order valence-corrected chi connectivity index (χ3v) is 6.26. The van der Waals surface area contributed by atoms with Crippen LogP contribution in [0.3, 0.4) is 0 Å². The van der Waals surface area contributed by atoms with Crippen molar-refractivity contribution in [3.63, 3.8) is 0 Å². The summed E-state index contributed by atoms with van der Waals surface area (Å²) < 4.78 is 61.1. The summed E-state index contributed by atoms with van der Waals surface area (Å²) in [5.74, 6) is -3.37. The van der Waals surface area contributed by atoms with Crippen molar-refractivity contribution in [3.8, 4) is 11.1 Å². The van der Waals surface area contributed by atoms with E-state index in [2.05, 4.69) is 4.72 Å². The zero-order valence-corrected chi connectivity index (χ0v) is 17.2. The van der Waals surface area contributed by atoms with Gasteiger partial charge in [0.25, 0.3) is 0 Å². The number of hydrogen-bond acceptors (Lipinski definition) is 4. The van der Waals surface area contributed by atoms with Crippen LogP contribution in [0.2, 0.25) is 0 Å². The third-order valence-electron chi connectivity index (χ3n) is 5.53. The van der Waals surface area contributed by atoms with Crippen LogP contribution >= 0.6 is 0 Å². The molecule has 1 saturated heterocycles. The average Bonchev–Trinajstić information content (AvgIpc) is 3.06. The highest BCUT2D eigenvalue weighted by atomic mass is 32.2. The molecule has 0 spiro atoms. The molecule has 160 valence electrons. The zero-order chi connectivity index (χ0) is 21.5. The first-order chi connectivity index (χ1) is 14.1. The monoisotopic (exact) mass is 436 g/mol. The molecule has 2 bridgehead atoms. The molecule has 2 aromatic rings. The van der Waals surface area contributed by atoms with Crippen LogP contribution in [0.5, 0.6) is 0 Å². The molecular weight excluding hydrogens is 414 g/mol. The van der Waals surface area contributed by atoms with Crippen LogP contribution < -0.4 is 4.72 Å². The molecule has 2 aliphatic rings. The van der Waals surface area contributed by atoms with E-state index in [1.54, 1.807) is 24.3 Å². The van der Waals surface area contributed by atoms with Crippen LogP contribution in [0.4, 0.5) is 13.6 Å². The van der Waals surface area contributed by atoms with Gasteiger partial charge in [-0.2, -0.15) is 8.78 Å². The Morgan fingerprint density at radius 1 is 1.17 bits per heavy atom. The summed E-state index contributed by atoms with van der Waals surface area (Å²) in [6, 6.07) is 12.3. The quantitative estimate of drug-likeness (QED) is 0.785. The Morgan fingerprint density at radius 2 is 1.93 bits per heavy atom. The fourth-order valence-electron chi connectivity index (χ4n) is 4.22. The molecule has 2 heterocycles. The maximum atomic E-state index is 15.0. The van der Waals surface area contributed by atoms with Crippen molar-refractivity contribution in [2.45, 2.75) is 30.8 Å². The van der Waals surface area contributed by atoms with E-state index in [-0.39, 0.29) is 12.1 Å². The van der Waals surface area contributed by atoms with E-state index >= 15 is 0 Å². The number of carbonyl (C=O) groups is 1. The molecular formula is C21H22F2N2O4S. The van der Waals surface area contributed by atoms with Gasteiger partial charge in [-0.25, -0.2) is 17.9 Å². The lowest BCUT2D eigenvalue weighted by atomic mass is 9.92. The van der Waals surface area contributed by atoms with E-state index in [4.69, 9.17) is 4.74 Å². The van der Waals surface area contributed by atoms with Crippen molar-refractivity contribution in [2.75, 3.05) is 19.4 Å². The van der Waals surface area contributed by atoms with E-state index in [0.717, 1.165) is 11.8 Å². The molecule has 2 aromatic carbocycles. The van der Waals surface area contributed by atoms with Crippen LogP contribution in [-0.4, -0.2) is 50.9 Å². The average molecular weight is 436 g/mol. The number of carbonyl (C=O) groups excluding carboxylic acids is 1. The highest BCUT2D eigenvalue weighted by Crippen LogP contribution is 2.37.